The molecule has 1 aromatic carbocycles. The normalized spacial score (nSPS) is 19.6. The Morgan fingerprint density at radius 1 is 1.40 bits per heavy atom. The molecule has 1 heterocycles. The second-order valence-electron chi connectivity index (χ2n) is 4.79. The zero-order chi connectivity index (χ0) is 14.5. The van der Waals surface area contributed by atoms with Crippen LogP contribution in [0.25, 0.3) is 0 Å². The van der Waals surface area contributed by atoms with E-state index < -0.39 is 12.0 Å². The summed E-state index contributed by atoms with van der Waals surface area (Å²) < 4.78 is 5.13. The Hall–Kier alpha value is -1.59. The maximum atomic E-state index is 11.9. The van der Waals surface area contributed by atoms with Gasteiger partial charge in [-0.15, -0.1) is 0 Å². The maximum absolute atomic E-state index is 11.9. The number of aliphatic carboxylic acids is 1. The number of amides is 1. The third-order valence-corrected chi connectivity index (χ3v) is 3.52. The van der Waals surface area contributed by atoms with E-state index >= 15 is 0 Å². The SMILES string of the molecule is O=C(N[C@H](Cc1ccc(Cl)cc1)C(=O)O)[C@@H]1CCOC1. The number of carbonyl (C=O) groups is 2. The van der Waals surface area contributed by atoms with E-state index in [4.69, 9.17) is 16.3 Å². The molecule has 0 spiro atoms. The van der Waals surface area contributed by atoms with Crippen LogP contribution in [0.2, 0.25) is 5.02 Å². The smallest absolute Gasteiger partial charge is 0.326 e. The van der Waals surface area contributed by atoms with Crippen LogP contribution in [0.5, 0.6) is 0 Å². The van der Waals surface area contributed by atoms with Gasteiger partial charge in [-0.05, 0) is 24.1 Å². The van der Waals surface area contributed by atoms with Gasteiger partial charge in [0.1, 0.15) is 6.04 Å². The fourth-order valence-electron chi connectivity index (χ4n) is 2.09. The Bertz CT molecular complexity index is 482. The van der Waals surface area contributed by atoms with Crippen molar-refractivity contribution in [2.24, 2.45) is 5.92 Å². The first-order chi connectivity index (χ1) is 9.56. The molecule has 6 heteroatoms. The lowest BCUT2D eigenvalue weighted by Crippen LogP contribution is -2.45. The predicted octanol–water partition coefficient (Wildman–Crippen LogP) is 1.49. The fraction of sp³-hybridized carbons (Fsp3) is 0.429. The first-order valence-corrected chi connectivity index (χ1v) is 6.79. The monoisotopic (exact) mass is 297 g/mol. The molecule has 1 aromatic rings. The van der Waals surface area contributed by atoms with Crippen LogP contribution < -0.4 is 5.32 Å². The molecule has 1 aliphatic rings. The molecule has 2 atom stereocenters. The molecule has 1 saturated heterocycles. The van der Waals surface area contributed by atoms with Crippen LogP contribution in [0.4, 0.5) is 0 Å². The van der Waals surface area contributed by atoms with Gasteiger partial charge < -0.3 is 15.2 Å². The van der Waals surface area contributed by atoms with Crippen molar-refractivity contribution in [3.63, 3.8) is 0 Å². The average Bonchev–Trinajstić information content (AvgIpc) is 2.94. The van der Waals surface area contributed by atoms with Gasteiger partial charge in [-0.1, -0.05) is 23.7 Å². The van der Waals surface area contributed by atoms with Crippen molar-refractivity contribution in [1.29, 1.82) is 0 Å². The molecule has 5 nitrogen and oxygen atoms in total. The molecule has 1 aliphatic heterocycles. The quantitative estimate of drug-likeness (QED) is 0.863. The van der Waals surface area contributed by atoms with Crippen LogP contribution in [-0.2, 0) is 20.7 Å². The lowest BCUT2D eigenvalue weighted by Gasteiger charge is -2.17. The number of hydrogen-bond donors (Lipinski definition) is 2. The van der Waals surface area contributed by atoms with Crippen LogP contribution in [0.3, 0.4) is 0 Å². The molecule has 2 N–H and O–H groups in total. The van der Waals surface area contributed by atoms with E-state index in [2.05, 4.69) is 5.32 Å². The van der Waals surface area contributed by atoms with Crippen molar-refractivity contribution in [3.05, 3.63) is 34.9 Å². The molecule has 0 unspecified atom stereocenters. The van der Waals surface area contributed by atoms with E-state index in [1.165, 1.54) is 0 Å². The summed E-state index contributed by atoms with van der Waals surface area (Å²) in [5.41, 5.74) is 0.810. The summed E-state index contributed by atoms with van der Waals surface area (Å²) in [4.78, 5) is 23.2. The Morgan fingerprint density at radius 2 is 2.10 bits per heavy atom. The van der Waals surface area contributed by atoms with E-state index in [0.717, 1.165) is 5.56 Å². The summed E-state index contributed by atoms with van der Waals surface area (Å²) in [7, 11) is 0. The first kappa shape index (κ1) is 14.8. The van der Waals surface area contributed by atoms with E-state index in [-0.39, 0.29) is 18.2 Å². The number of hydrogen-bond acceptors (Lipinski definition) is 3. The maximum Gasteiger partial charge on any atom is 0.326 e. The summed E-state index contributed by atoms with van der Waals surface area (Å²) in [6, 6.07) is 5.96. The Labute approximate surface area is 121 Å². The first-order valence-electron chi connectivity index (χ1n) is 6.41. The van der Waals surface area contributed by atoms with Gasteiger partial charge in [0.05, 0.1) is 12.5 Å². The van der Waals surface area contributed by atoms with E-state index in [9.17, 15) is 14.7 Å². The van der Waals surface area contributed by atoms with Crippen LogP contribution >= 0.6 is 11.6 Å². The van der Waals surface area contributed by atoms with Gasteiger partial charge in [-0.25, -0.2) is 4.79 Å². The highest BCUT2D eigenvalue weighted by Gasteiger charge is 2.28. The minimum Gasteiger partial charge on any atom is -0.480 e. The number of ether oxygens (including phenoxy) is 1. The van der Waals surface area contributed by atoms with E-state index in [1.807, 2.05) is 0 Å². The number of rotatable bonds is 5. The summed E-state index contributed by atoms with van der Waals surface area (Å²) in [6.45, 7) is 0.909. The lowest BCUT2D eigenvalue weighted by atomic mass is 10.0. The molecule has 0 bridgehead atoms. The minimum absolute atomic E-state index is 0.228. The predicted molar refractivity (Wildman–Crippen MR) is 73.6 cm³/mol. The van der Waals surface area contributed by atoms with Gasteiger partial charge in [-0.3, -0.25) is 4.79 Å². The van der Waals surface area contributed by atoms with Crippen molar-refractivity contribution in [1.82, 2.24) is 5.32 Å². The van der Waals surface area contributed by atoms with E-state index in [0.29, 0.717) is 24.7 Å². The van der Waals surface area contributed by atoms with Gasteiger partial charge in [0.2, 0.25) is 5.91 Å². The summed E-state index contributed by atoms with van der Waals surface area (Å²) >= 11 is 5.78. The summed E-state index contributed by atoms with van der Waals surface area (Å²) in [5, 5.41) is 12.4. The van der Waals surface area contributed by atoms with Gasteiger partial charge in [0, 0.05) is 18.1 Å². The molecule has 0 saturated carbocycles. The third-order valence-electron chi connectivity index (χ3n) is 3.27. The van der Waals surface area contributed by atoms with Crippen LogP contribution in [0.1, 0.15) is 12.0 Å². The second kappa shape index (κ2) is 6.72. The molecule has 20 heavy (non-hydrogen) atoms. The van der Waals surface area contributed by atoms with Crippen LogP contribution in [-0.4, -0.2) is 36.2 Å². The highest BCUT2D eigenvalue weighted by molar-refractivity contribution is 6.30. The standard InChI is InChI=1S/C14H16ClNO4/c15-11-3-1-9(2-4-11)7-12(14(18)19)16-13(17)10-5-6-20-8-10/h1-4,10,12H,5-8H2,(H,16,17)(H,18,19)/t10-,12-/m1/s1. The molecule has 1 fully saturated rings. The van der Waals surface area contributed by atoms with Crippen LogP contribution in [0.15, 0.2) is 24.3 Å². The largest absolute Gasteiger partial charge is 0.480 e. The lowest BCUT2D eigenvalue weighted by molar-refractivity contribution is -0.142. The third kappa shape index (κ3) is 3.95. The zero-order valence-electron chi connectivity index (χ0n) is 10.8. The molecule has 0 aromatic heterocycles. The zero-order valence-corrected chi connectivity index (χ0v) is 11.6. The number of carboxylic acid groups (broad SMARTS) is 1. The molecular formula is C14H16ClNO4. The van der Waals surface area contributed by atoms with Crippen molar-refractivity contribution >= 4 is 23.5 Å². The molecule has 0 aliphatic carbocycles. The number of carbonyl (C=O) groups excluding carboxylic acids is 1. The van der Waals surface area contributed by atoms with Crippen molar-refractivity contribution < 1.29 is 19.4 Å². The summed E-state index contributed by atoms with van der Waals surface area (Å²) in [5.74, 6) is -1.56. The highest BCUT2D eigenvalue weighted by atomic mass is 35.5. The number of carboxylic acids is 1. The Balaban J connectivity index is 1.98. The highest BCUT2D eigenvalue weighted by Crippen LogP contribution is 2.14. The minimum atomic E-state index is -1.05. The van der Waals surface area contributed by atoms with E-state index in [1.54, 1.807) is 24.3 Å². The average molecular weight is 298 g/mol. The number of benzene rings is 1. The summed E-state index contributed by atoms with van der Waals surface area (Å²) in [6.07, 6.45) is 0.866. The van der Waals surface area contributed by atoms with Gasteiger partial charge >= 0.3 is 5.97 Å². The van der Waals surface area contributed by atoms with Gasteiger partial charge in [0.25, 0.3) is 0 Å². The van der Waals surface area contributed by atoms with Crippen molar-refractivity contribution in [2.75, 3.05) is 13.2 Å². The van der Waals surface area contributed by atoms with Gasteiger partial charge in [0.15, 0.2) is 0 Å². The number of halogens is 1. The molecule has 1 amide bonds. The second-order valence-corrected chi connectivity index (χ2v) is 5.23. The number of nitrogens with one attached hydrogen (secondary N) is 1. The van der Waals surface area contributed by atoms with Gasteiger partial charge in [-0.2, -0.15) is 0 Å². The molecule has 2 rings (SSSR count). The van der Waals surface area contributed by atoms with Crippen molar-refractivity contribution in [2.45, 2.75) is 18.9 Å². The fourth-order valence-corrected chi connectivity index (χ4v) is 2.21. The molecular weight excluding hydrogens is 282 g/mol. The van der Waals surface area contributed by atoms with Crippen molar-refractivity contribution in [3.8, 4) is 0 Å². The molecule has 108 valence electrons. The molecule has 0 radical (unpaired) electrons. The van der Waals surface area contributed by atoms with Crippen LogP contribution in [0, 0.1) is 5.92 Å². The Kier molecular flexibility index (Phi) is 4.98. The Morgan fingerprint density at radius 3 is 2.65 bits per heavy atom. The topological polar surface area (TPSA) is 75.6 Å².